The normalized spacial score (nSPS) is 24.7. The molecule has 1 N–H and O–H groups in total. The maximum absolute atomic E-state index is 3.60. The average Bonchev–Trinajstić information content (AvgIpc) is 2.27. The molecule has 0 aromatic heterocycles. The summed E-state index contributed by atoms with van der Waals surface area (Å²) in [6, 6.07) is 8.06. The average molecular weight is 246 g/mol. The number of nitrogens with zero attached hydrogens (tertiary/aromatic N) is 1. The Balaban J connectivity index is 2.31. The monoisotopic (exact) mass is 246 g/mol. The summed E-state index contributed by atoms with van der Waals surface area (Å²) in [6.45, 7) is 13.5. The minimum absolute atomic E-state index is 0.570. The first-order valence-electron chi connectivity index (χ1n) is 7.05. The smallest absolute Gasteiger partial charge is 0.0438 e. The van der Waals surface area contributed by atoms with Crippen molar-refractivity contribution < 1.29 is 0 Å². The summed E-state index contributed by atoms with van der Waals surface area (Å²) >= 11 is 0. The highest BCUT2D eigenvalue weighted by molar-refractivity contribution is 5.52. The van der Waals surface area contributed by atoms with E-state index >= 15 is 0 Å². The van der Waals surface area contributed by atoms with E-state index in [2.05, 4.69) is 63.0 Å². The van der Waals surface area contributed by atoms with Crippen molar-refractivity contribution in [2.45, 2.75) is 46.7 Å². The molecule has 0 radical (unpaired) electrons. The van der Waals surface area contributed by atoms with Crippen molar-refractivity contribution in [2.75, 3.05) is 18.0 Å². The Bertz CT molecular complexity index is 391. The molecule has 2 atom stereocenters. The van der Waals surface area contributed by atoms with Crippen LogP contribution in [-0.2, 0) is 0 Å². The van der Waals surface area contributed by atoms with Crippen molar-refractivity contribution in [1.82, 2.24) is 5.32 Å². The largest absolute Gasteiger partial charge is 0.365 e. The van der Waals surface area contributed by atoms with Gasteiger partial charge in [0.2, 0.25) is 0 Å². The Hall–Kier alpha value is -1.02. The van der Waals surface area contributed by atoms with Gasteiger partial charge in [-0.1, -0.05) is 19.9 Å². The molecule has 1 aromatic carbocycles. The summed E-state index contributed by atoms with van der Waals surface area (Å²) in [7, 11) is 0. The van der Waals surface area contributed by atoms with Gasteiger partial charge in [-0.3, -0.25) is 0 Å². The molecule has 1 fully saturated rings. The predicted octanol–water partition coefficient (Wildman–Crippen LogP) is 3.13. The molecule has 1 heterocycles. The van der Waals surface area contributed by atoms with Crippen molar-refractivity contribution in [1.29, 1.82) is 0 Å². The van der Waals surface area contributed by atoms with Crippen LogP contribution in [0.2, 0.25) is 0 Å². The van der Waals surface area contributed by atoms with Gasteiger partial charge in [-0.25, -0.2) is 0 Å². The van der Waals surface area contributed by atoms with Crippen molar-refractivity contribution in [3.63, 3.8) is 0 Å². The third-order valence-corrected chi connectivity index (χ3v) is 3.85. The molecule has 18 heavy (non-hydrogen) atoms. The highest BCUT2D eigenvalue weighted by atomic mass is 15.2. The number of anilines is 1. The second-order valence-electron chi connectivity index (χ2n) is 6.12. The Morgan fingerprint density at radius 3 is 2.33 bits per heavy atom. The molecule has 0 bridgehead atoms. The number of piperazine rings is 1. The summed E-state index contributed by atoms with van der Waals surface area (Å²) in [5, 5.41) is 3.60. The highest BCUT2D eigenvalue weighted by Crippen LogP contribution is 2.25. The van der Waals surface area contributed by atoms with Crippen LogP contribution in [0.15, 0.2) is 18.2 Å². The Kier molecular flexibility index (Phi) is 3.96. The number of nitrogens with one attached hydrogen (secondary N) is 1. The standard InChI is InChI=1S/C16H26N2/c1-11(2)16-9-17-14(5)10-18(16)15-7-12(3)6-13(4)8-15/h6-8,11,14,16-17H,9-10H2,1-5H3. The minimum Gasteiger partial charge on any atom is -0.365 e. The van der Waals surface area contributed by atoms with E-state index in [1.165, 1.54) is 16.8 Å². The van der Waals surface area contributed by atoms with Gasteiger partial charge in [0.15, 0.2) is 0 Å². The zero-order valence-corrected chi connectivity index (χ0v) is 12.3. The minimum atomic E-state index is 0.570. The lowest BCUT2D eigenvalue weighted by molar-refractivity contribution is 0.349. The van der Waals surface area contributed by atoms with Crippen molar-refractivity contribution in [2.24, 2.45) is 5.92 Å². The fraction of sp³-hybridized carbons (Fsp3) is 0.625. The zero-order valence-electron chi connectivity index (χ0n) is 12.3. The van der Waals surface area contributed by atoms with E-state index in [0.717, 1.165) is 13.1 Å². The summed E-state index contributed by atoms with van der Waals surface area (Å²) in [5.41, 5.74) is 4.11. The molecule has 2 nitrogen and oxygen atoms in total. The molecular weight excluding hydrogens is 220 g/mol. The van der Waals surface area contributed by atoms with Crippen LogP contribution < -0.4 is 10.2 Å². The Morgan fingerprint density at radius 1 is 1.17 bits per heavy atom. The summed E-state index contributed by atoms with van der Waals surface area (Å²) in [4.78, 5) is 2.59. The van der Waals surface area contributed by atoms with E-state index < -0.39 is 0 Å². The van der Waals surface area contributed by atoms with Crippen LogP contribution in [0.1, 0.15) is 31.9 Å². The van der Waals surface area contributed by atoms with Crippen LogP contribution in [-0.4, -0.2) is 25.2 Å². The molecule has 1 aliphatic heterocycles. The summed E-state index contributed by atoms with van der Waals surface area (Å²) < 4.78 is 0. The third kappa shape index (κ3) is 2.86. The first-order chi connectivity index (χ1) is 8.47. The van der Waals surface area contributed by atoms with Gasteiger partial charge in [-0.15, -0.1) is 0 Å². The number of aryl methyl sites for hydroxylation is 2. The van der Waals surface area contributed by atoms with Gasteiger partial charge in [-0.2, -0.15) is 0 Å². The van der Waals surface area contributed by atoms with Crippen molar-refractivity contribution in [3.8, 4) is 0 Å². The SMILES string of the molecule is Cc1cc(C)cc(N2CC(C)NCC2C(C)C)c1. The van der Waals surface area contributed by atoms with Crippen LogP contribution in [0.25, 0.3) is 0 Å². The highest BCUT2D eigenvalue weighted by Gasteiger charge is 2.28. The van der Waals surface area contributed by atoms with Crippen LogP contribution in [0.3, 0.4) is 0 Å². The molecule has 0 amide bonds. The second-order valence-corrected chi connectivity index (χ2v) is 6.12. The number of rotatable bonds is 2. The quantitative estimate of drug-likeness (QED) is 0.862. The molecule has 0 aliphatic carbocycles. The van der Waals surface area contributed by atoms with Gasteiger partial charge in [0.25, 0.3) is 0 Å². The van der Waals surface area contributed by atoms with Gasteiger partial charge < -0.3 is 10.2 Å². The van der Waals surface area contributed by atoms with Crippen molar-refractivity contribution in [3.05, 3.63) is 29.3 Å². The maximum atomic E-state index is 3.60. The molecule has 0 spiro atoms. The summed E-state index contributed by atoms with van der Waals surface area (Å²) in [6.07, 6.45) is 0. The first kappa shape index (κ1) is 13.4. The molecule has 2 rings (SSSR count). The summed E-state index contributed by atoms with van der Waals surface area (Å²) in [5.74, 6) is 0.672. The van der Waals surface area contributed by atoms with E-state index in [9.17, 15) is 0 Å². The van der Waals surface area contributed by atoms with Crippen LogP contribution >= 0.6 is 0 Å². The molecular formula is C16H26N2. The number of benzene rings is 1. The molecule has 100 valence electrons. The molecule has 2 unspecified atom stereocenters. The van der Waals surface area contributed by atoms with E-state index in [-0.39, 0.29) is 0 Å². The van der Waals surface area contributed by atoms with Gasteiger partial charge in [0.05, 0.1) is 0 Å². The number of hydrogen-bond donors (Lipinski definition) is 1. The fourth-order valence-corrected chi connectivity index (χ4v) is 2.94. The van der Waals surface area contributed by atoms with E-state index in [1.54, 1.807) is 0 Å². The van der Waals surface area contributed by atoms with E-state index in [4.69, 9.17) is 0 Å². The first-order valence-corrected chi connectivity index (χ1v) is 7.05. The topological polar surface area (TPSA) is 15.3 Å². The third-order valence-electron chi connectivity index (χ3n) is 3.85. The fourth-order valence-electron chi connectivity index (χ4n) is 2.94. The molecule has 1 saturated heterocycles. The Labute approximate surface area is 111 Å². The molecule has 0 saturated carbocycles. The van der Waals surface area contributed by atoms with Gasteiger partial charge >= 0.3 is 0 Å². The van der Waals surface area contributed by atoms with Gasteiger partial charge in [0.1, 0.15) is 0 Å². The van der Waals surface area contributed by atoms with Crippen molar-refractivity contribution >= 4 is 5.69 Å². The van der Waals surface area contributed by atoms with Gasteiger partial charge in [-0.05, 0) is 49.9 Å². The Morgan fingerprint density at radius 2 is 1.78 bits per heavy atom. The zero-order chi connectivity index (χ0) is 13.3. The molecule has 1 aliphatic rings. The maximum Gasteiger partial charge on any atom is 0.0438 e. The lowest BCUT2D eigenvalue weighted by Gasteiger charge is -2.43. The second kappa shape index (κ2) is 5.31. The lowest BCUT2D eigenvalue weighted by Crippen LogP contribution is -2.57. The van der Waals surface area contributed by atoms with Crippen LogP contribution in [0, 0.1) is 19.8 Å². The van der Waals surface area contributed by atoms with Crippen LogP contribution in [0.4, 0.5) is 5.69 Å². The molecule has 2 heteroatoms. The number of hydrogen-bond acceptors (Lipinski definition) is 2. The van der Waals surface area contributed by atoms with E-state index in [1.807, 2.05) is 0 Å². The predicted molar refractivity (Wildman–Crippen MR) is 79.4 cm³/mol. The molecule has 1 aromatic rings. The van der Waals surface area contributed by atoms with Gasteiger partial charge in [0, 0.05) is 30.9 Å². The van der Waals surface area contributed by atoms with E-state index in [0.29, 0.717) is 18.0 Å². The lowest BCUT2D eigenvalue weighted by atomic mass is 9.97. The van der Waals surface area contributed by atoms with Crippen LogP contribution in [0.5, 0.6) is 0 Å².